The van der Waals surface area contributed by atoms with Crippen LogP contribution in [-0.2, 0) is 0 Å². The molecule has 0 unspecified atom stereocenters. The highest BCUT2D eigenvalue weighted by atomic mass is 35.5. The Morgan fingerprint density at radius 2 is 1.58 bits per heavy atom. The van der Waals surface area contributed by atoms with Crippen molar-refractivity contribution in [1.29, 1.82) is 0 Å². The van der Waals surface area contributed by atoms with Gasteiger partial charge in [0.15, 0.2) is 5.52 Å². The number of pyridine rings is 1. The van der Waals surface area contributed by atoms with Gasteiger partial charge in [-0.15, -0.1) is 0 Å². The predicted molar refractivity (Wildman–Crippen MR) is 68.2 cm³/mol. The predicted octanol–water partition coefficient (Wildman–Crippen LogP) is -1.97. The lowest BCUT2D eigenvalue weighted by Gasteiger charge is -1.90. The largest absolute Gasteiger partial charge is 1.00 e. The molecule has 0 aliphatic rings. The summed E-state index contributed by atoms with van der Waals surface area (Å²) >= 11 is 0. The normalized spacial score (nSPS) is 10.3. The van der Waals surface area contributed by atoms with Gasteiger partial charge in [0.25, 0.3) is 5.65 Å². The van der Waals surface area contributed by atoms with E-state index in [1.165, 1.54) is 0 Å². The van der Waals surface area contributed by atoms with Crippen LogP contribution in [0.5, 0.6) is 0 Å². The van der Waals surface area contributed by atoms with E-state index in [0.29, 0.717) is 0 Å². The van der Waals surface area contributed by atoms with Crippen molar-refractivity contribution in [2.75, 3.05) is 0 Å². The smallest absolute Gasteiger partial charge is 0.327 e. The number of para-hydroxylation sites is 2. The van der Waals surface area contributed by atoms with E-state index in [0.717, 1.165) is 28.0 Å². The minimum atomic E-state index is 0. The van der Waals surface area contributed by atoms with Crippen LogP contribution in [-0.4, -0.2) is 20.4 Å². The molecule has 0 saturated heterocycles. The summed E-state index contributed by atoms with van der Waals surface area (Å²) in [6.45, 7) is 0. The molecule has 0 radical (unpaired) electrons. The molecule has 0 aliphatic heterocycles. The molecule has 3 aromatic heterocycles. The van der Waals surface area contributed by atoms with Gasteiger partial charge >= 0.3 is 5.65 Å². The first-order valence-corrected chi connectivity index (χ1v) is 5.47. The summed E-state index contributed by atoms with van der Waals surface area (Å²) < 4.78 is 2.01. The molecule has 1 aromatic carbocycles. The van der Waals surface area contributed by atoms with Gasteiger partial charge in [-0.3, -0.25) is 4.98 Å². The first-order chi connectivity index (χ1) is 8.42. The Morgan fingerprint density at radius 1 is 0.895 bits per heavy atom. The number of aromatic nitrogens is 4. The van der Waals surface area contributed by atoms with E-state index in [-0.39, 0.29) is 17.9 Å². The molecule has 0 bridgehead atoms. The van der Waals surface area contributed by atoms with Crippen molar-refractivity contribution in [1.82, 2.24) is 15.0 Å². The van der Waals surface area contributed by atoms with Crippen molar-refractivity contribution in [3.05, 3.63) is 48.7 Å². The van der Waals surface area contributed by atoms with Crippen molar-refractivity contribution < 1.29 is 22.3 Å². The number of rotatable bonds is 0. The number of nitrogens with one attached hydrogen (secondary N) is 1. The van der Waals surface area contributed by atoms with Gasteiger partial charge in [0.05, 0.1) is 6.20 Å². The molecular formula is C13H11ClN4O. The number of hydrogen-bond acceptors (Lipinski definition) is 2. The van der Waals surface area contributed by atoms with Gasteiger partial charge in [-0.1, -0.05) is 23.2 Å². The highest BCUT2D eigenvalue weighted by Gasteiger charge is 2.14. The summed E-state index contributed by atoms with van der Waals surface area (Å²) in [6, 6.07) is 13.9. The number of imidazole rings is 1. The Bertz CT molecular complexity index is 853. The van der Waals surface area contributed by atoms with Crippen LogP contribution in [0.15, 0.2) is 48.7 Å². The summed E-state index contributed by atoms with van der Waals surface area (Å²) in [4.78, 5) is 12.5. The van der Waals surface area contributed by atoms with Crippen molar-refractivity contribution >= 4 is 28.0 Å². The highest BCUT2D eigenvalue weighted by Crippen LogP contribution is 2.13. The van der Waals surface area contributed by atoms with Crippen LogP contribution in [0.25, 0.3) is 28.0 Å². The molecule has 3 heterocycles. The fourth-order valence-electron chi connectivity index (χ4n) is 2.09. The third-order valence-corrected chi connectivity index (χ3v) is 2.89. The number of H-pyrrole nitrogens is 1. The monoisotopic (exact) mass is 274 g/mol. The topological polar surface area (TPSA) is 77.2 Å². The molecule has 6 heteroatoms. The number of nitrogens with zero attached hydrogens (tertiary/aromatic N) is 3. The molecule has 96 valence electrons. The molecule has 0 spiro atoms. The Labute approximate surface area is 114 Å². The van der Waals surface area contributed by atoms with Crippen molar-refractivity contribution in [3.63, 3.8) is 0 Å². The molecule has 0 saturated carbocycles. The summed E-state index contributed by atoms with van der Waals surface area (Å²) in [7, 11) is 0. The molecule has 0 atom stereocenters. The van der Waals surface area contributed by atoms with Gasteiger partial charge in [-0.25, -0.2) is 4.98 Å². The number of aromatic amines is 1. The van der Waals surface area contributed by atoms with Gasteiger partial charge in [-0.2, -0.15) is 4.40 Å². The molecule has 4 aromatic rings. The quantitative estimate of drug-likeness (QED) is 0.378. The van der Waals surface area contributed by atoms with Crippen molar-refractivity contribution in [3.8, 4) is 0 Å². The average Bonchev–Trinajstić information content (AvgIpc) is 2.73. The van der Waals surface area contributed by atoms with E-state index in [4.69, 9.17) is 0 Å². The molecule has 3 N–H and O–H groups in total. The molecule has 5 nitrogen and oxygen atoms in total. The van der Waals surface area contributed by atoms with E-state index < -0.39 is 0 Å². The van der Waals surface area contributed by atoms with Crippen molar-refractivity contribution in [2.45, 2.75) is 0 Å². The van der Waals surface area contributed by atoms with E-state index in [2.05, 4.69) is 15.0 Å². The molecular weight excluding hydrogens is 264 g/mol. The molecule has 19 heavy (non-hydrogen) atoms. The second-order valence-corrected chi connectivity index (χ2v) is 3.97. The van der Waals surface area contributed by atoms with Crippen LogP contribution in [0.3, 0.4) is 0 Å². The SMILES string of the molecule is O.[Cl-].c1ccc2nc3c(nc2c1)[nH]c1cccc[n+]13. The lowest BCUT2D eigenvalue weighted by molar-refractivity contribution is -0.483. The fraction of sp³-hybridized carbons (Fsp3) is 0. The second-order valence-electron chi connectivity index (χ2n) is 3.97. The van der Waals surface area contributed by atoms with E-state index in [9.17, 15) is 0 Å². The number of hydrogen-bond donors (Lipinski definition) is 1. The van der Waals surface area contributed by atoms with Crippen LogP contribution in [0.2, 0.25) is 0 Å². The lowest BCUT2D eigenvalue weighted by atomic mass is 10.3. The first kappa shape index (κ1) is 13.2. The Kier molecular flexibility index (Phi) is 3.33. The van der Waals surface area contributed by atoms with E-state index in [1.54, 1.807) is 0 Å². The lowest BCUT2D eigenvalue weighted by Crippen LogP contribution is -3.00. The van der Waals surface area contributed by atoms with Gasteiger partial charge in [0.2, 0.25) is 5.65 Å². The van der Waals surface area contributed by atoms with Crippen LogP contribution < -0.4 is 16.8 Å². The van der Waals surface area contributed by atoms with E-state index >= 15 is 0 Å². The minimum absolute atomic E-state index is 0. The maximum atomic E-state index is 4.64. The van der Waals surface area contributed by atoms with Gasteiger partial charge in [-0.05, 0) is 18.2 Å². The summed E-state index contributed by atoms with van der Waals surface area (Å²) in [5, 5.41) is 0. The Morgan fingerprint density at radius 3 is 2.37 bits per heavy atom. The minimum Gasteiger partial charge on any atom is -1.00 e. The number of halogens is 1. The second kappa shape index (κ2) is 4.79. The Hall–Kier alpha value is -2.24. The molecule has 0 amide bonds. The Balaban J connectivity index is 0.000000667. The van der Waals surface area contributed by atoms with Crippen LogP contribution >= 0.6 is 0 Å². The average molecular weight is 275 g/mol. The zero-order valence-electron chi connectivity index (χ0n) is 9.84. The first-order valence-electron chi connectivity index (χ1n) is 5.47. The zero-order chi connectivity index (χ0) is 11.2. The number of benzene rings is 1. The van der Waals surface area contributed by atoms with Gasteiger partial charge < -0.3 is 17.9 Å². The zero-order valence-corrected chi connectivity index (χ0v) is 10.6. The van der Waals surface area contributed by atoms with Crippen LogP contribution in [0.4, 0.5) is 0 Å². The molecule has 4 rings (SSSR count). The standard InChI is InChI=1S/C13H8N4.ClH.H2O/c1-2-6-10-9(5-1)14-12-13(15-10)17-8-4-3-7-11(17)16-12;;/h1-8H;1H;1H2. The maximum absolute atomic E-state index is 4.64. The highest BCUT2D eigenvalue weighted by molar-refractivity contribution is 5.82. The maximum Gasteiger partial charge on any atom is 0.327 e. The number of fused-ring (bicyclic) bond motifs is 4. The summed E-state index contributed by atoms with van der Waals surface area (Å²) in [5.41, 5.74) is 4.50. The summed E-state index contributed by atoms with van der Waals surface area (Å²) in [6.07, 6.45) is 1.98. The molecule has 0 fully saturated rings. The molecule has 0 aliphatic carbocycles. The van der Waals surface area contributed by atoms with Crippen LogP contribution in [0, 0.1) is 0 Å². The summed E-state index contributed by atoms with van der Waals surface area (Å²) in [5.74, 6) is 0. The van der Waals surface area contributed by atoms with Crippen LogP contribution in [0.1, 0.15) is 0 Å². The fourth-order valence-corrected chi connectivity index (χ4v) is 2.09. The van der Waals surface area contributed by atoms with E-state index in [1.807, 2.05) is 53.1 Å². The van der Waals surface area contributed by atoms with Crippen molar-refractivity contribution in [2.24, 2.45) is 0 Å². The van der Waals surface area contributed by atoms with Gasteiger partial charge in [0, 0.05) is 6.07 Å². The third kappa shape index (κ3) is 1.89. The van der Waals surface area contributed by atoms with Gasteiger partial charge in [0.1, 0.15) is 5.52 Å². The third-order valence-electron chi connectivity index (χ3n) is 2.89.